The molecule has 6 heteroatoms. The fraction of sp³-hybridized carbons (Fsp3) is 0.733. The van der Waals surface area contributed by atoms with Gasteiger partial charge >= 0.3 is 0 Å². The summed E-state index contributed by atoms with van der Waals surface area (Å²) < 4.78 is 4.91. The third kappa shape index (κ3) is 3.06. The van der Waals surface area contributed by atoms with Crippen LogP contribution in [-0.2, 0) is 20.0 Å². The third-order valence-corrected chi connectivity index (χ3v) is 4.39. The summed E-state index contributed by atoms with van der Waals surface area (Å²) in [6.07, 6.45) is 0.913. The van der Waals surface area contributed by atoms with Gasteiger partial charge in [0.1, 0.15) is 5.52 Å². The van der Waals surface area contributed by atoms with Gasteiger partial charge in [-0.25, -0.2) is 0 Å². The molecule has 0 unspecified atom stereocenters. The van der Waals surface area contributed by atoms with E-state index in [-0.39, 0.29) is 0 Å². The molecule has 0 spiro atoms. The van der Waals surface area contributed by atoms with E-state index in [4.69, 9.17) is 12.2 Å². The molecule has 1 N–H and O–H groups in total. The Labute approximate surface area is 131 Å². The number of imidazole rings is 1. The highest BCUT2D eigenvalue weighted by Gasteiger charge is 2.17. The van der Waals surface area contributed by atoms with Gasteiger partial charge < -0.3 is 9.55 Å². The maximum atomic E-state index is 5.50. The second-order valence-corrected chi connectivity index (χ2v) is 6.52. The SMILES string of the molecule is CCc1nn(C)c2c1[nH]c(=S)n2CCN(C(C)C)C(C)C. The minimum absolute atomic E-state index is 0.534. The van der Waals surface area contributed by atoms with Crippen molar-refractivity contribution in [2.75, 3.05) is 6.54 Å². The van der Waals surface area contributed by atoms with Crippen LogP contribution in [0.25, 0.3) is 11.2 Å². The Balaban J connectivity index is 2.32. The van der Waals surface area contributed by atoms with Crippen LogP contribution >= 0.6 is 12.2 Å². The van der Waals surface area contributed by atoms with Crippen molar-refractivity contribution >= 4 is 23.4 Å². The molecule has 0 aliphatic heterocycles. The van der Waals surface area contributed by atoms with E-state index in [1.807, 2.05) is 11.7 Å². The molecule has 2 rings (SSSR count). The van der Waals surface area contributed by atoms with Crippen molar-refractivity contribution in [1.29, 1.82) is 0 Å². The number of aromatic nitrogens is 4. The summed E-state index contributed by atoms with van der Waals surface area (Å²) >= 11 is 5.50. The molecule has 0 fully saturated rings. The first-order valence-corrected chi connectivity index (χ1v) is 8.17. The van der Waals surface area contributed by atoms with Crippen molar-refractivity contribution in [2.45, 2.75) is 59.7 Å². The van der Waals surface area contributed by atoms with Crippen LogP contribution < -0.4 is 0 Å². The molecule has 0 bridgehead atoms. The summed E-state index contributed by atoms with van der Waals surface area (Å²) in [5, 5.41) is 4.57. The zero-order valence-corrected chi connectivity index (χ0v) is 14.8. The first-order valence-electron chi connectivity index (χ1n) is 7.76. The molecule has 5 nitrogen and oxygen atoms in total. The number of aryl methyl sites for hydroxylation is 2. The van der Waals surface area contributed by atoms with Crippen LogP contribution in [0.4, 0.5) is 0 Å². The number of nitrogens with one attached hydrogen (secondary N) is 1. The van der Waals surface area contributed by atoms with E-state index in [1.165, 1.54) is 0 Å². The van der Waals surface area contributed by atoms with Crippen molar-refractivity contribution in [2.24, 2.45) is 7.05 Å². The topological polar surface area (TPSA) is 41.8 Å². The lowest BCUT2D eigenvalue weighted by atomic mass is 10.2. The first kappa shape index (κ1) is 16.2. The maximum Gasteiger partial charge on any atom is 0.179 e. The number of H-pyrrole nitrogens is 1. The van der Waals surface area contributed by atoms with Crippen LogP contribution in [0, 0.1) is 4.77 Å². The normalized spacial score (nSPS) is 12.4. The van der Waals surface area contributed by atoms with Crippen LogP contribution in [0.2, 0.25) is 0 Å². The van der Waals surface area contributed by atoms with Gasteiger partial charge in [-0.15, -0.1) is 0 Å². The van der Waals surface area contributed by atoms with Crippen LogP contribution in [0.1, 0.15) is 40.3 Å². The molecule has 0 radical (unpaired) electrons. The summed E-state index contributed by atoms with van der Waals surface area (Å²) in [5.74, 6) is 0. The van der Waals surface area contributed by atoms with Crippen LogP contribution in [0.15, 0.2) is 0 Å². The molecule has 0 aromatic carbocycles. The van der Waals surface area contributed by atoms with E-state index >= 15 is 0 Å². The highest BCUT2D eigenvalue weighted by molar-refractivity contribution is 7.71. The lowest BCUT2D eigenvalue weighted by molar-refractivity contribution is 0.168. The van der Waals surface area contributed by atoms with Gasteiger partial charge in [-0.1, -0.05) is 6.92 Å². The van der Waals surface area contributed by atoms with Crippen molar-refractivity contribution in [1.82, 2.24) is 24.2 Å². The smallest absolute Gasteiger partial charge is 0.179 e. The number of hydrogen-bond acceptors (Lipinski definition) is 3. The molecule has 0 aliphatic rings. The van der Waals surface area contributed by atoms with Gasteiger partial charge in [-0.3, -0.25) is 9.58 Å². The molecule has 0 aliphatic carbocycles. The predicted octanol–water partition coefficient (Wildman–Crippen LogP) is 3.11. The number of aromatic amines is 1. The predicted molar refractivity (Wildman–Crippen MR) is 90.2 cm³/mol. The van der Waals surface area contributed by atoms with Gasteiger partial charge in [0.2, 0.25) is 0 Å². The van der Waals surface area contributed by atoms with E-state index in [1.54, 1.807) is 0 Å². The Kier molecular flexibility index (Phi) is 4.88. The Morgan fingerprint density at radius 3 is 2.38 bits per heavy atom. The van der Waals surface area contributed by atoms with E-state index in [0.29, 0.717) is 12.1 Å². The molecular weight excluding hydrogens is 282 g/mol. The monoisotopic (exact) mass is 309 g/mol. The summed E-state index contributed by atoms with van der Waals surface area (Å²) in [7, 11) is 1.99. The van der Waals surface area contributed by atoms with Gasteiger partial charge in [0.05, 0.1) is 5.69 Å². The largest absolute Gasteiger partial charge is 0.328 e. The lowest BCUT2D eigenvalue weighted by Crippen LogP contribution is -2.39. The summed E-state index contributed by atoms with van der Waals surface area (Å²) in [6.45, 7) is 13.0. The first-order chi connectivity index (χ1) is 9.86. The Morgan fingerprint density at radius 1 is 1.24 bits per heavy atom. The second kappa shape index (κ2) is 6.32. The molecule has 118 valence electrons. The minimum atomic E-state index is 0.534. The summed E-state index contributed by atoms with van der Waals surface area (Å²) in [5.41, 5.74) is 3.27. The number of fused-ring (bicyclic) bond motifs is 1. The fourth-order valence-corrected chi connectivity index (χ4v) is 3.34. The Bertz CT molecular complexity index is 653. The summed E-state index contributed by atoms with van der Waals surface area (Å²) in [6, 6.07) is 1.07. The van der Waals surface area contributed by atoms with Crippen molar-refractivity contribution in [3.8, 4) is 0 Å². The molecule has 0 atom stereocenters. The highest BCUT2D eigenvalue weighted by Crippen LogP contribution is 2.18. The van der Waals surface area contributed by atoms with E-state index in [0.717, 1.165) is 41.1 Å². The lowest BCUT2D eigenvalue weighted by Gasteiger charge is -2.30. The van der Waals surface area contributed by atoms with E-state index < -0.39 is 0 Å². The molecule has 2 heterocycles. The number of rotatable bonds is 6. The molecule has 0 saturated carbocycles. The quantitative estimate of drug-likeness (QED) is 0.834. The fourth-order valence-electron chi connectivity index (χ4n) is 3.06. The standard InChI is InChI=1S/C15H27N5S/c1-7-12-13-14(18(6)17-12)20(15(21)16-13)9-8-19(10(2)3)11(4)5/h10-11H,7-9H2,1-6H3,(H,16,21). The molecule has 0 amide bonds. The van der Waals surface area contributed by atoms with Crippen LogP contribution in [0.5, 0.6) is 0 Å². The van der Waals surface area contributed by atoms with Gasteiger partial charge in [-0.2, -0.15) is 5.10 Å². The highest BCUT2D eigenvalue weighted by atomic mass is 32.1. The zero-order chi connectivity index (χ0) is 15.7. The van der Waals surface area contributed by atoms with Gasteiger partial charge in [-0.05, 0) is 46.3 Å². The molecule has 2 aromatic heterocycles. The number of hydrogen-bond donors (Lipinski definition) is 1. The molecule has 2 aromatic rings. The zero-order valence-electron chi connectivity index (χ0n) is 14.0. The average molecular weight is 309 g/mol. The summed E-state index contributed by atoms with van der Waals surface area (Å²) in [4.78, 5) is 5.81. The van der Waals surface area contributed by atoms with E-state index in [9.17, 15) is 0 Å². The van der Waals surface area contributed by atoms with Crippen LogP contribution in [0.3, 0.4) is 0 Å². The second-order valence-electron chi connectivity index (χ2n) is 6.13. The molecular formula is C15H27N5S. The number of nitrogens with zero attached hydrogens (tertiary/aromatic N) is 4. The van der Waals surface area contributed by atoms with Crippen LogP contribution in [-0.4, -0.2) is 42.9 Å². The van der Waals surface area contributed by atoms with Crippen molar-refractivity contribution < 1.29 is 0 Å². The Morgan fingerprint density at radius 2 is 1.86 bits per heavy atom. The Hall–Kier alpha value is -1.14. The third-order valence-electron chi connectivity index (χ3n) is 4.07. The minimum Gasteiger partial charge on any atom is -0.328 e. The van der Waals surface area contributed by atoms with E-state index in [2.05, 4.69) is 54.2 Å². The molecule has 21 heavy (non-hydrogen) atoms. The van der Waals surface area contributed by atoms with Gasteiger partial charge in [0.25, 0.3) is 0 Å². The van der Waals surface area contributed by atoms with Gasteiger partial charge in [0.15, 0.2) is 10.4 Å². The van der Waals surface area contributed by atoms with Gasteiger partial charge in [0, 0.05) is 32.2 Å². The van der Waals surface area contributed by atoms with Crippen molar-refractivity contribution in [3.63, 3.8) is 0 Å². The average Bonchev–Trinajstić information content (AvgIpc) is 2.87. The molecule has 0 saturated heterocycles. The van der Waals surface area contributed by atoms with Crippen molar-refractivity contribution in [3.05, 3.63) is 10.5 Å². The maximum absolute atomic E-state index is 5.50.